The number of carbonyl (C=O) groups excluding carboxylic acids is 6. The molecular weight excluding hydrogens is 714 g/mol. The van der Waals surface area contributed by atoms with Gasteiger partial charge in [0.1, 0.15) is 12.1 Å². The Bertz CT molecular complexity index is 1810. The summed E-state index contributed by atoms with van der Waals surface area (Å²) < 4.78 is 33.0. The third kappa shape index (κ3) is 10.6. The van der Waals surface area contributed by atoms with Crippen molar-refractivity contribution < 1.29 is 52.5 Å². The molecule has 2 fully saturated rings. The predicted molar refractivity (Wildman–Crippen MR) is 186 cm³/mol. The molecule has 3 heterocycles. The van der Waals surface area contributed by atoms with E-state index in [9.17, 15) is 42.7 Å². The van der Waals surface area contributed by atoms with E-state index in [0.29, 0.717) is 35.8 Å². The van der Waals surface area contributed by atoms with Gasteiger partial charge in [0.05, 0.1) is 39.0 Å². The number of methoxy groups -OCH3 is 1. The van der Waals surface area contributed by atoms with E-state index < -0.39 is 61.0 Å². The lowest BCUT2D eigenvalue weighted by atomic mass is 10.0. The van der Waals surface area contributed by atoms with Gasteiger partial charge >= 0.3 is 0 Å². The number of alkyl halides is 2. The molecule has 5 amide bonds. The molecular formula is C35H44F2N8O9. The zero-order valence-electron chi connectivity index (χ0n) is 29.8. The fourth-order valence-electron chi connectivity index (χ4n) is 6.14. The minimum Gasteiger partial charge on any atom is -0.504 e. The number of amides is 5. The molecule has 3 aliphatic rings. The summed E-state index contributed by atoms with van der Waals surface area (Å²) in [5.41, 5.74) is 9.64. The van der Waals surface area contributed by atoms with Crippen LogP contribution in [0.1, 0.15) is 48.4 Å². The smallest absolute Gasteiger partial charge is 0.289 e. The predicted octanol–water partition coefficient (Wildman–Crippen LogP) is -0.766. The van der Waals surface area contributed by atoms with Crippen LogP contribution in [0.4, 0.5) is 8.78 Å². The summed E-state index contributed by atoms with van der Waals surface area (Å²) in [6.07, 6.45) is 0.887. The number of phenolic OH excluding ortho intramolecular Hbond substituents is 1. The topological polar surface area (TPSA) is 250 Å². The number of Topliss-reactive ketones (excluding diaryl/α,β-unsaturated/α-hetero) is 1. The number of nitrogens with two attached hydrogens (primary N) is 2. The van der Waals surface area contributed by atoms with Gasteiger partial charge < -0.3 is 51.4 Å². The van der Waals surface area contributed by atoms with Gasteiger partial charge in [-0.15, -0.1) is 0 Å². The Morgan fingerprint density at radius 1 is 1.15 bits per heavy atom. The van der Waals surface area contributed by atoms with Gasteiger partial charge in [0, 0.05) is 45.6 Å². The van der Waals surface area contributed by atoms with Crippen LogP contribution in [0.2, 0.25) is 0 Å². The number of likely N-dealkylation sites (tertiary alicyclic amines) is 1. The monoisotopic (exact) mass is 758 g/mol. The van der Waals surface area contributed by atoms with Crippen LogP contribution in [0, 0.1) is 0 Å². The summed E-state index contributed by atoms with van der Waals surface area (Å²) in [6.45, 7) is 1.18. The minimum absolute atomic E-state index is 0.0705. The summed E-state index contributed by atoms with van der Waals surface area (Å²) in [6, 6.07) is 7.74. The highest BCUT2D eigenvalue weighted by molar-refractivity contribution is 6.38. The number of aliphatic hydroxyl groups excluding tert-OH is 1. The van der Waals surface area contributed by atoms with Crippen LogP contribution in [0.25, 0.3) is 0 Å². The largest absolute Gasteiger partial charge is 0.504 e. The molecule has 0 spiro atoms. The van der Waals surface area contributed by atoms with Crippen LogP contribution in [0.5, 0.6) is 11.5 Å². The average Bonchev–Trinajstić information content (AvgIpc) is 3.86. The Morgan fingerprint density at radius 3 is 2.52 bits per heavy atom. The number of carbonyl (C=O) groups is 6. The van der Waals surface area contributed by atoms with E-state index in [2.05, 4.69) is 16.0 Å². The van der Waals surface area contributed by atoms with E-state index in [1.807, 2.05) is 18.2 Å². The number of phenols is 1. The lowest BCUT2D eigenvalue weighted by molar-refractivity contribution is -0.144. The summed E-state index contributed by atoms with van der Waals surface area (Å²) in [4.78, 5) is 74.5. The van der Waals surface area contributed by atoms with E-state index in [1.54, 1.807) is 11.8 Å². The highest BCUT2D eigenvalue weighted by Crippen LogP contribution is 2.33. The van der Waals surface area contributed by atoms with Crippen LogP contribution in [-0.4, -0.2) is 105 Å². The van der Waals surface area contributed by atoms with E-state index in [1.165, 1.54) is 36.5 Å². The van der Waals surface area contributed by atoms with E-state index in [4.69, 9.17) is 21.4 Å². The van der Waals surface area contributed by atoms with E-state index in [-0.39, 0.29) is 49.3 Å². The van der Waals surface area contributed by atoms with Crippen molar-refractivity contribution in [2.24, 2.45) is 11.6 Å². The number of hydrogen-bond acceptors (Lipinski definition) is 12. The zero-order chi connectivity index (χ0) is 39.7. The Morgan fingerprint density at radius 2 is 1.89 bits per heavy atom. The lowest BCUT2D eigenvalue weighted by Gasteiger charge is -2.23. The van der Waals surface area contributed by atoms with Crippen molar-refractivity contribution in [3.8, 4) is 11.5 Å². The minimum atomic E-state index is -3.39. The second-order valence-electron chi connectivity index (χ2n) is 13.0. The first-order valence-corrected chi connectivity index (χ1v) is 16.9. The molecule has 292 valence electrons. The van der Waals surface area contributed by atoms with E-state index >= 15 is 0 Å². The molecule has 9 N–H and O–H groups in total. The number of hydrazine groups is 1. The molecule has 0 aliphatic carbocycles. The van der Waals surface area contributed by atoms with Crippen molar-refractivity contribution >= 4 is 35.3 Å². The summed E-state index contributed by atoms with van der Waals surface area (Å²) in [7, 11) is 1.36. The fourth-order valence-corrected chi connectivity index (χ4v) is 6.14. The normalized spacial score (nSPS) is 18.6. The molecule has 0 aromatic heterocycles. The quantitative estimate of drug-likeness (QED) is 0.0802. The lowest BCUT2D eigenvalue weighted by Crippen LogP contribution is -2.51. The second kappa shape index (κ2) is 17.8. The van der Waals surface area contributed by atoms with Crippen LogP contribution in [0.15, 0.2) is 48.3 Å². The van der Waals surface area contributed by atoms with Gasteiger partial charge in [-0.25, -0.2) is 14.6 Å². The highest BCUT2D eigenvalue weighted by Gasteiger charge is 2.51. The standard InChI is InChI=1S/C21H24F2N4O7.C14H20N4O2/c1-34-15-4-2-11(6-14(15)28)8-24-20(33)18(31)13-7-21(22,23)10-27(13)17(30)9-25-19(32)12-3-5-16(29)26-12;1-10(20)17-5-11-3-2-4-12(14(11)8-17)6-18(16)7-13(15)9-19/h2,4,6,12-13,28H,3,5,7-10H2,1H3,(H,24,33)(H,25,32)(H,26,29);2-4,7,19H,5-6,8-9,15-16H2,1H3/b;13-7-. The Balaban J connectivity index is 0.000000276. The van der Waals surface area contributed by atoms with Gasteiger partial charge in [-0.3, -0.25) is 28.8 Å². The summed E-state index contributed by atoms with van der Waals surface area (Å²) in [5.74, 6) is -1.76. The maximum absolute atomic E-state index is 14.0. The van der Waals surface area contributed by atoms with Gasteiger partial charge in [0.25, 0.3) is 11.8 Å². The molecule has 2 unspecified atom stereocenters. The number of aliphatic hydroxyl groups is 1. The molecule has 3 aliphatic heterocycles. The molecule has 19 heteroatoms. The Kier molecular flexibility index (Phi) is 13.5. The maximum Gasteiger partial charge on any atom is 0.289 e. The van der Waals surface area contributed by atoms with Crippen molar-refractivity contribution in [3.63, 3.8) is 0 Å². The number of benzene rings is 2. The number of ketones is 1. The molecule has 0 radical (unpaired) electrons. The zero-order valence-corrected chi connectivity index (χ0v) is 29.8. The van der Waals surface area contributed by atoms with Crippen molar-refractivity contribution in [2.75, 3.05) is 26.8 Å². The number of fused-ring (bicyclic) bond motifs is 1. The van der Waals surface area contributed by atoms with Crippen LogP contribution < -0.4 is 32.3 Å². The van der Waals surface area contributed by atoms with Crippen molar-refractivity contribution in [1.82, 2.24) is 30.8 Å². The molecule has 2 aromatic carbocycles. The molecule has 2 atom stereocenters. The molecule has 0 saturated carbocycles. The Hall–Kier alpha value is -5.82. The van der Waals surface area contributed by atoms with Gasteiger partial charge in [0.15, 0.2) is 11.5 Å². The number of nitrogens with zero attached hydrogens (tertiary/aromatic N) is 3. The van der Waals surface area contributed by atoms with Crippen molar-refractivity contribution in [2.45, 2.75) is 70.4 Å². The molecule has 54 heavy (non-hydrogen) atoms. The third-order valence-electron chi connectivity index (χ3n) is 8.93. The first-order valence-electron chi connectivity index (χ1n) is 16.9. The van der Waals surface area contributed by atoms with E-state index in [0.717, 1.165) is 16.7 Å². The summed E-state index contributed by atoms with van der Waals surface area (Å²) >= 11 is 0. The SMILES string of the molecule is CC(=O)N1Cc2cccc(CN(N)/C=C(\N)CO)c2C1.COc1ccc(CNC(=O)C(=O)C2CC(F)(F)CN2C(=O)CNC(=O)C2CCC(=O)N2)cc1O. The molecule has 0 bridgehead atoms. The summed E-state index contributed by atoms with van der Waals surface area (Å²) in [5, 5.41) is 27.1. The maximum atomic E-state index is 14.0. The molecule has 2 saturated heterocycles. The molecule has 2 aromatic rings. The van der Waals surface area contributed by atoms with Gasteiger partial charge in [-0.2, -0.15) is 0 Å². The van der Waals surface area contributed by atoms with Crippen molar-refractivity contribution in [3.05, 3.63) is 70.5 Å². The van der Waals surface area contributed by atoms with Gasteiger partial charge in [-0.05, 0) is 40.8 Å². The number of aromatic hydroxyl groups is 1. The van der Waals surface area contributed by atoms with Gasteiger partial charge in [0.2, 0.25) is 29.4 Å². The molecule has 5 rings (SSSR count). The first-order chi connectivity index (χ1) is 25.5. The van der Waals surface area contributed by atoms with Crippen LogP contribution in [0.3, 0.4) is 0 Å². The first kappa shape index (κ1) is 40.9. The van der Waals surface area contributed by atoms with Gasteiger partial charge in [-0.1, -0.05) is 24.3 Å². The third-order valence-corrected chi connectivity index (χ3v) is 8.93. The van der Waals surface area contributed by atoms with Crippen molar-refractivity contribution in [1.29, 1.82) is 0 Å². The number of halogens is 2. The molecule has 17 nitrogen and oxygen atoms in total. The van der Waals surface area contributed by atoms with Crippen LogP contribution >= 0.6 is 0 Å². The number of ether oxygens (including phenoxy) is 1. The highest BCUT2D eigenvalue weighted by atomic mass is 19.3. The number of rotatable bonds is 12. The second-order valence-corrected chi connectivity index (χ2v) is 13.0. The van der Waals surface area contributed by atoms with Crippen LogP contribution in [-0.2, 0) is 54.9 Å². The Labute approximate surface area is 309 Å². The number of hydrogen-bond donors (Lipinski definition) is 7. The number of nitrogens with one attached hydrogen (secondary N) is 3. The fraction of sp³-hybridized carbons (Fsp3) is 0.429. The average molecular weight is 759 g/mol.